The van der Waals surface area contributed by atoms with Crippen LogP contribution in [0.2, 0.25) is 5.02 Å². The molecule has 0 aliphatic heterocycles. The summed E-state index contributed by atoms with van der Waals surface area (Å²) in [7, 11) is 0. The van der Waals surface area contributed by atoms with Gasteiger partial charge in [-0.05, 0) is 36.2 Å². The van der Waals surface area contributed by atoms with Crippen LogP contribution in [0.1, 0.15) is 16.8 Å². The van der Waals surface area contributed by atoms with Gasteiger partial charge in [0, 0.05) is 34.8 Å². The Morgan fingerprint density at radius 2 is 1.95 bits per heavy atom. The quantitative estimate of drug-likeness (QED) is 0.697. The largest absolute Gasteiger partial charge is 0.264 e. The SMILES string of the molecule is Cc1ccncc1-c1nc(Cc2ccc(Cl)cc2)cs1. The van der Waals surface area contributed by atoms with Crippen LogP contribution in [0.5, 0.6) is 0 Å². The van der Waals surface area contributed by atoms with Gasteiger partial charge in [0.15, 0.2) is 0 Å². The van der Waals surface area contributed by atoms with Crippen LogP contribution < -0.4 is 0 Å². The molecule has 0 bridgehead atoms. The molecule has 1 aromatic carbocycles. The van der Waals surface area contributed by atoms with Crippen molar-refractivity contribution in [3.63, 3.8) is 0 Å². The fraction of sp³-hybridized carbons (Fsp3) is 0.125. The second-order valence-electron chi connectivity index (χ2n) is 4.64. The molecule has 100 valence electrons. The third-order valence-corrected chi connectivity index (χ3v) is 4.30. The summed E-state index contributed by atoms with van der Waals surface area (Å²) in [5, 5.41) is 3.90. The van der Waals surface area contributed by atoms with E-state index in [-0.39, 0.29) is 0 Å². The van der Waals surface area contributed by atoms with Crippen molar-refractivity contribution in [1.82, 2.24) is 9.97 Å². The highest BCUT2D eigenvalue weighted by molar-refractivity contribution is 7.13. The fourth-order valence-corrected chi connectivity index (χ4v) is 3.03. The molecular formula is C16H13ClN2S. The number of nitrogens with zero attached hydrogens (tertiary/aromatic N) is 2. The summed E-state index contributed by atoms with van der Waals surface area (Å²) in [6.45, 7) is 2.08. The standard InChI is InChI=1S/C16H13ClN2S/c1-11-6-7-18-9-15(11)16-19-14(10-20-16)8-12-2-4-13(17)5-3-12/h2-7,9-10H,8H2,1H3. The van der Waals surface area contributed by atoms with E-state index in [0.29, 0.717) is 0 Å². The van der Waals surface area contributed by atoms with Gasteiger partial charge in [-0.25, -0.2) is 4.98 Å². The molecule has 3 rings (SSSR count). The van der Waals surface area contributed by atoms with Gasteiger partial charge in [0.2, 0.25) is 0 Å². The zero-order chi connectivity index (χ0) is 13.9. The summed E-state index contributed by atoms with van der Waals surface area (Å²) in [4.78, 5) is 8.88. The van der Waals surface area contributed by atoms with Crippen molar-refractivity contribution >= 4 is 22.9 Å². The Kier molecular flexibility index (Phi) is 3.81. The van der Waals surface area contributed by atoms with E-state index in [1.54, 1.807) is 17.5 Å². The molecule has 2 heterocycles. The van der Waals surface area contributed by atoms with Crippen LogP contribution >= 0.6 is 22.9 Å². The van der Waals surface area contributed by atoms with Crippen LogP contribution in [0.4, 0.5) is 0 Å². The minimum atomic E-state index is 0.763. The van der Waals surface area contributed by atoms with Crippen molar-refractivity contribution in [3.8, 4) is 10.6 Å². The number of thiazole rings is 1. The highest BCUT2D eigenvalue weighted by atomic mass is 35.5. The van der Waals surface area contributed by atoms with E-state index in [9.17, 15) is 0 Å². The molecule has 4 heteroatoms. The second-order valence-corrected chi connectivity index (χ2v) is 5.93. The molecule has 0 N–H and O–H groups in total. The summed E-state index contributed by atoms with van der Waals surface area (Å²) >= 11 is 7.56. The molecule has 2 aromatic heterocycles. The molecule has 3 aromatic rings. The molecule has 0 amide bonds. The molecule has 20 heavy (non-hydrogen) atoms. The van der Waals surface area contributed by atoms with E-state index < -0.39 is 0 Å². The molecule has 2 nitrogen and oxygen atoms in total. The average Bonchev–Trinajstić information content (AvgIpc) is 2.90. The maximum Gasteiger partial charge on any atom is 0.125 e. The van der Waals surface area contributed by atoms with E-state index >= 15 is 0 Å². The monoisotopic (exact) mass is 300 g/mol. The van der Waals surface area contributed by atoms with Gasteiger partial charge in [-0.1, -0.05) is 23.7 Å². The Hall–Kier alpha value is -1.71. The highest BCUT2D eigenvalue weighted by Gasteiger charge is 2.08. The van der Waals surface area contributed by atoms with Gasteiger partial charge < -0.3 is 0 Å². The third-order valence-electron chi connectivity index (χ3n) is 3.12. The maximum absolute atomic E-state index is 5.90. The molecule has 0 aliphatic rings. The third kappa shape index (κ3) is 2.89. The molecule has 0 spiro atoms. The lowest BCUT2D eigenvalue weighted by Crippen LogP contribution is -1.89. The maximum atomic E-state index is 5.90. The Morgan fingerprint density at radius 3 is 2.70 bits per heavy atom. The summed E-state index contributed by atoms with van der Waals surface area (Å²) < 4.78 is 0. The second kappa shape index (κ2) is 5.73. The lowest BCUT2D eigenvalue weighted by molar-refractivity contribution is 1.11. The minimum Gasteiger partial charge on any atom is -0.264 e. The van der Waals surface area contributed by atoms with Crippen LogP contribution in [-0.4, -0.2) is 9.97 Å². The average molecular weight is 301 g/mol. The van der Waals surface area contributed by atoms with Crippen LogP contribution in [0.15, 0.2) is 48.1 Å². The minimum absolute atomic E-state index is 0.763. The number of benzene rings is 1. The first kappa shape index (κ1) is 13.3. The van der Waals surface area contributed by atoms with Gasteiger partial charge in [-0.15, -0.1) is 11.3 Å². The Labute approximate surface area is 127 Å². The smallest absolute Gasteiger partial charge is 0.125 e. The lowest BCUT2D eigenvalue weighted by atomic mass is 10.1. The van der Waals surface area contributed by atoms with Crippen molar-refractivity contribution in [2.24, 2.45) is 0 Å². The first-order valence-electron chi connectivity index (χ1n) is 6.32. The summed E-state index contributed by atoms with van der Waals surface area (Å²) in [6, 6.07) is 9.91. The number of halogens is 1. The molecule has 0 saturated heterocycles. The summed E-state index contributed by atoms with van der Waals surface area (Å²) in [5.74, 6) is 0. The van der Waals surface area contributed by atoms with Crippen LogP contribution in [0, 0.1) is 6.92 Å². The van der Waals surface area contributed by atoms with Crippen molar-refractivity contribution in [1.29, 1.82) is 0 Å². The van der Waals surface area contributed by atoms with Crippen LogP contribution in [0.3, 0.4) is 0 Å². The first-order valence-corrected chi connectivity index (χ1v) is 7.58. The van der Waals surface area contributed by atoms with Crippen molar-refractivity contribution in [3.05, 3.63) is 69.9 Å². The zero-order valence-corrected chi connectivity index (χ0v) is 12.6. The van der Waals surface area contributed by atoms with Gasteiger partial charge in [0.05, 0.1) is 5.69 Å². The topological polar surface area (TPSA) is 25.8 Å². The van der Waals surface area contributed by atoms with Gasteiger partial charge in [-0.3, -0.25) is 4.98 Å². The predicted molar refractivity (Wildman–Crippen MR) is 84.3 cm³/mol. The molecule has 0 saturated carbocycles. The Morgan fingerprint density at radius 1 is 1.15 bits per heavy atom. The first-order chi connectivity index (χ1) is 9.72. The fourth-order valence-electron chi connectivity index (χ4n) is 2.01. The number of hydrogen-bond acceptors (Lipinski definition) is 3. The van der Waals surface area contributed by atoms with Gasteiger partial charge in [-0.2, -0.15) is 0 Å². The van der Waals surface area contributed by atoms with Crippen LogP contribution in [-0.2, 0) is 6.42 Å². The van der Waals surface area contributed by atoms with Gasteiger partial charge >= 0.3 is 0 Å². The Balaban J connectivity index is 1.84. The van der Waals surface area contributed by atoms with E-state index in [2.05, 4.69) is 17.3 Å². The molecule has 0 fully saturated rings. The number of aryl methyl sites for hydroxylation is 1. The van der Waals surface area contributed by atoms with E-state index in [0.717, 1.165) is 27.7 Å². The lowest BCUT2D eigenvalue weighted by Gasteiger charge is -2.00. The summed E-state index contributed by atoms with van der Waals surface area (Å²) in [6.07, 6.45) is 4.51. The number of pyridine rings is 1. The Bertz CT molecular complexity index is 719. The predicted octanol–water partition coefficient (Wildman–Crippen LogP) is 4.76. The molecule has 0 aliphatic carbocycles. The number of aromatic nitrogens is 2. The molecule has 0 unspecified atom stereocenters. The molecular weight excluding hydrogens is 288 g/mol. The van der Waals surface area contributed by atoms with Gasteiger partial charge in [0.25, 0.3) is 0 Å². The molecule has 0 atom stereocenters. The zero-order valence-electron chi connectivity index (χ0n) is 11.0. The van der Waals surface area contributed by atoms with E-state index in [4.69, 9.17) is 16.6 Å². The number of rotatable bonds is 3. The van der Waals surface area contributed by atoms with Crippen molar-refractivity contribution < 1.29 is 0 Å². The van der Waals surface area contributed by atoms with E-state index in [1.165, 1.54) is 11.1 Å². The normalized spacial score (nSPS) is 10.7. The van der Waals surface area contributed by atoms with Gasteiger partial charge in [0.1, 0.15) is 5.01 Å². The van der Waals surface area contributed by atoms with Crippen LogP contribution in [0.25, 0.3) is 10.6 Å². The highest BCUT2D eigenvalue weighted by Crippen LogP contribution is 2.26. The van der Waals surface area contributed by atoms with E-state index in [1.807, 2.05) is 36.5 Å². The molecule has 0 radical (unpaired) electrons. The summed E-state index contributed by atoms with van der Waals surface area (Å²) in [5.41, 5.74) is 4.61. The van der Waals surface area contributed by atoms with Crippen molar-refractivity contribution in [2.75, 3.05) is 0 Å². The number of hydrogen-bond donors (Lipinski definition) is 0. The van der Waals surface area contributed by atoms with Crippen molar-refractivity contribution in [2.45, 2.75) is 13.3 Å².